The highest BCUT2D eigenvalue weighted by Gasteiger charge is 2.14. The highest BCUT2D eigenvalue weighted by molar-refractivity contribution is 6.28. The molecule has 106 valence electrons. The average molecular weight is 301 g/mol. The Balaban J connectivity index is 2.37. The van der Waals surface area contributed by atoms with Crippen LogP contribution >= 0.6 is 11.6 Å². The van der Waals surface area contributed by atoms with Crippen LogP contribution < -0.4 is 10.1 Å². The Labute approximate surface area is 119 Å². The molecule has 0 saturated carbocycles. The van der Waals surface area contributed by atoms with Crippen molar-refractivity contribution >= 4 is 23.2 Å². The molecule has 0 radical (unpaired) electrons. The van der Waals surface area contributed by atoms with Gasteiger partial charge in [-0.1, -0.05) is 6.07 Å². The van der Waals surface area contributed by atoms with E-state index in [0.29, 0.717) is 12.2 Å². The minimum absolute atomic E-state index is 0.0246. The lowest BCUT2D eigenvalue weighted by Gasteiger charge is -2.09. The van der Waals surface area contributed by atoms with Crippen LogP contribution in [-0.4, -0.2) is 21.6 Å². The van der Waals surface area contributed by atoms with Crippen LogP contribution in [0, 0.1) is 18.6 Å². The third kappa shape index (κ3) is 3.11. The van der Waals surface area contributed by atoms with Crippen LogP contribution in [0.15, 0.2) is 12.1 Å². The number of benzene rings is 1. The summed E-state index contributed by atoms with van der Waals surface area (Å²) in [6.07, 6.45) is 0. The van der Waals surface area contributed by atoms with Crippen molar-refractivity contribution in [1.29, 1.82) is 0 Å². The first-order chi connectivity index (χ1) is 9.51. The molecule has 8 heteroatoms. The summed E-state index contributed by atoms with van der Waals surface area (Å²) in [7, 11) is 0. The van der Waals surface area contributed by atoms with Crippen LogP contribution in [-0.2, 0) is 0 Å². The molecule has 0 aliphatic heterocycles. The number of nitrogens with zero attached hydrogens (tertiary/aromatic N) is 3. The van der Waals surface area contributed by atoms with Gasteiger partial charge in [0.1, 0.15) is 11.5 Å². The molecule has 1 heterocycles. The van der Waals surface area contributed by atoms with Gasteiger partial charge in [-0.15, -0.1) is 0 Å². The van der Waals surface area contributed by atoms with Gasteiger partial charge in [-0.2, -0.15) is 15.0 Å². The summed E-state index contributed by atoms with van der Waals surface area (Å²) in [5.74, 6) is -1.58. The number of hydrogen-bond donors (Lipinski definition) is 1. The molecule has 1 aromatic carbocycles. The molecule has 0 aliphatic carbocycles. The second-order valence-electron chi connectivity index (χ2n) is 3.82. The Hall–Kier alpha value is -2.02. The first kappa shape index (κ1) is 14.4. The van der Waals surface area contributed by atoms with Gasteiger partial charge in [-0.25, -0.2) is 8.78 Å². The van der Waals surface area contributed by atoms with Crippen molar-refractivity contribution in [1.82, 2.24) is 15.0 Å². The van der Waals surface area contributed by atoms with Crippen molar-refractivity contribution in [3.63, 3.8) is 0 Å². The van der Waals surface area contributed by atoms with E-state index in [9.17, 15) is 8.78 Å². The summed E-state index contributed by atoms with van der Waals surface area (Å²) < 4.78 is 32.6. The van der Waals surface area contributed by atoms with Gasteiger partial charge >= 0.3 is 6.01 Å². The standard InChI is InChI=1S/C12H11ClF2N4O/c1-3-20-12-18-10(13)17-11(19-12)16-9-7(14)5-4-6(2)8(9)15/h4-5H,3H2,1-2H3,(H,16,17,18,19). The van der Waals surface area contributed by atoms with Crippen LogP contribution in [0.3, 0.4) is 0 Å². The van der Waals surface area contributed by atoms with Gasteiger partial charge in [0.15, 0.2) is 5.82 Å². The largest absolute Gasteiger partial charge is 0.464 e. The predicted molar refractivity (Wildman–Crippen MR) is 70.4 cm³/mol. The van der Waals surface area contributed by atoms with E-state index < -0.39 is 11.6 Å². The summed E-state index contributed by atoms with van der Waals surface area (Å²) >= 11 is 5.69. The topological polar surface area (TPSA) is 59.9 Å². The maximum atomic E-state index is 13.9. The number of anilines is 2. The van der Waals surface area contributed by atoms with E-state index >= 15 is 0 Å². The summed E-state index contributed by atoms with van der Waals surface area (Å²) in [6, 6.07) is 2.46. The van der Waals surface area contributed by atoms with Crippen LogP contribution in [0.1, 0.15) is 12.5 Å². The van der Waals surface area contributed by atoms with Gasteiger partial charge in [-0.05, 0) is 37.1 Å². The zero-order valence-electron chi connectivity index (χ0n) is 10.7. The Kier molecular flexibility index (Phi) is 4.29. The molecule has 0 atom stereocenters. The van der Waals surface area contributed by atoms with Crippen LogP contribution in [0.4, 0.5) is 20.4 Å². The zero-order chi connectivity index (χ0) is 14.7. The fourth-order valence-electron chi connectivity index (χ4n) is 1.46. The van der Waals surface area contributed by atoms with Crippen LogP contribution in [0.2, 0.25) is 5.28 Å². The van der Waals surface area contributed by atoms with Crippen molar-refractivity contribution in [2.24, 2.45) is 0 Å². The lowest BCUT2D eigenvalue weighted by atomic mass is 10.2. The van der Waals surface area contributed by atoms with E-state index in [1.54, 1.807) is 6.92 Å². The molecular weight excluding hydrogens is 290 g/mol. The number of hydrogen-bond acceptors (Lipinski definition) is 5. The molecule has 1 aromatic heterocycles. The Morgan fingerprint density at radius 2 is 2.00 bits per heavy atom. The number of nitrogens with one attached hydrogen (secondary N) is 1. The Morgan fingerprint density at radius 1 is 1.25 bits per heavy atom. The number of halogens is 3. The molecule has 20 heavy (non-hydrogen) atoms. The van der Waals surface area contributed by atoms with Crippen molar-refractivity contribution in [3.05, 3.63) is 34.6 Å². The lowest BCUT2D eigenvalue weighted by Crippen LogP contribution is -2.06. The third-order valence-corrected chi connectivity index (χ3v) is 2.55. The molecule has 5 nitrogen and oxygen atoms in total. The molecule has 1 N–H and O–H groups in total. The lowest BCUT2D eigenvalue weighted by molar-refractivity contribution is 0.312. The molecule has 0 unspecified atom stereocenters. The summed E-state index contributed by atoms with van der Waals surface area (Å²) in [5, 5.41) is 2.30. The SMILES string of the molecule is CCOc1nc(Cl)nc(Nc2c(F)ccc(C)c2F)n1. The molecule has 0 amide bonds. The second kappa shape index (κ2) is 5.96. The van der Waals surface area contributed by atoms with Crippen molar-refractivity contribution in [2.75, 3.05) is 11.9 Å². The summed E-state index contributed by atoms with van der Waals surface area (Å²) in [5.41, 5.74) is -0.0613. The first-order valence-electron chi connectivity index (χ1n) is 5.77. The highest BCUT2D eigenvalue weighted by atomic mass is 35.5. The quantitative estimate of drug-likeness (QED) is 0.939. The van der Waals surface area contributed by atoms with Crippen molar-refractivity contribution < 1.29 is 13.5 Å². The van der Waals surface area contributed by atoms with E-state index in [1.165, 1.54) is 13.0 Å². The normalized spacial score (nSPS) is 10.4. The molecule has 0 fully saturated rings. The number of ether oxygens (including phenoxy) is 1. The maximum absolute atomic E-state index is 13.9. The van der Waals surface area contributed by atoms with Crippen LogP contribution in [0.5, 0.6) is 6.01 Å². The molecule has 0 aliphatic rings. The zero-order valence-corrected chi connectivity index (χ0v) is 11.5. The van der Waals surface area contributed by atoms with E-state index in [4.69, 9.17) is 16.3 Å². The van der Waals surface area contributed by atoms with Gasteiger partial charge in [0.25, 0.3) is 0 Å². The monoisotopic (exact) mass is 300 g/mol. The van der Waals surface area contributed by atoms with Crippen molar-refractivity contribution in [3.8, 4) is 6.01 Å². The minimum atomic E-state index is -0.761. The first-order valence-corrected chi connectivity index (χ1v) is 6.15. The van der Waals surface area contributed by atoms with Crippen molar-refractivity contribution in [2.45, 2.75) is 13.8 Å². The highest BCUT2D eigenvalue weighted by Crippen LogP contribution is 2.25. The Bertz CT molecular complexity index is 639. The average Bonchev–Trinajstić information content (AvgIpc) is 2.39. The molecule has 2 aromatic rings. The van der Waals surface area contributed by atoms with E-state index in [2.05, 4.69) is 20.3 Å². The molecule has 0 bridgehead atoms. The van der Waals surface area contributed by atoms with E-state index in [0.717, 1.165) is 6.07 Å². The van der Waals surface area contributed by atoms with Crippen LogP contribution in [0.25, 0.3) is 0 Å². The maximum Gasteiger partial charge on any atom is 0.322 e. The Morgan fingerprint density at radius 3 is 2.70 bits per heavy atom. The van der Waals surface area contributed by atoms with Gasteiger partial charge in [0.2, 0.25) is 11.2 Å². The van der Waals surface area contributed by atoms with Gasteiger partial charge < -0.3 is 10.1 Å². The fraction of sp³-hybridized carbons (Fsp3) is 0.250. The molecule has 0 saturated heterocycles. The summed E-state index contributed by atoms with van der Waals surface area (Å²) in [4.78, 5) is 11.3. The van der Waals surface area contributed by atoms with Gasteiger partial charge in [0, 0.05) is 0 Å². The summed E-state index contributed by atoms with van der Waals surface area (Å²) in [6.45, 7) is 3.59. The smallest absolute Gasteiger partial charge is 0.322 e. The van der Waals surface area contributed by atoms with E-state index in [-0.39, 0.29) is 22.9 Å². The van der Waals surface area contributed by atoms with E-state index in [1.807, 2.05) is 0 Å². The number of rotatable bonds is 4. The fourth-order valence-corrected chi connectivity index (χ4v) is 1.62. The molecule has 2 rings (SSSR count). The molecular formula is C12H11ClF2N4O. The van der Waals surface area contributed by atoms with Gasteiger partial charge in [-0.3, -0.25) is 0 Å². The minimum Gasteiger partial charge on any atom is -0.464 e. The second-order valence-corrected chi connectivity index (χ2v) is 4.16. The third-order valence-electron chi connectivity index (χ3n) is 2.38. The number of aryl methyl sites for hydroxylation is 1. The predicted octanol–water partition coefficient (Wildman–Crippen LogP) is 3.25. The molecule has 0 spiro atoms. The van der Waals surface area contributed by atoms with Gasteiger partial charge in [0.05, 0.1) is 6.61 Å². The number of aromatic nitrogens is 3.